The predicted octanol–water partition coefficient (Wildman–Crippen LogP) is 2.99. The molecule has 0 aliphatic heterocycles. The first-order chi connectivity index (χ1) is 8.38. The van der Waals surface area contributed by atoms with Crippen molar-refractivity contribution in [3.63, 3.8) is 0 Å². The molecule has 1 aliphatic rings. The van der Waals surface area contributed by atoms with Crippen LogP contribution in [0.3, 0.4) is 0 Å². The van der Waals surface area contributed by atoms with Gasteiger partial charge >= 0.3 is 0 Å². The summed E-state index contributed by atoms with van der Waals surface area (Å²) >= 11 is 0. The third kappa shape index (κ3) is 2.13. The standard InChI is InChI=1S/C15H18FNO/c1-14(2,18)15(7-8-17)6-5-11-9-13(16)4-3-12(11)10-15/h3-4,9,18H,5-7,10H2,1-2H3. The van der Waals surface area contributed by atoms with Gasteiger partial charge in [-0.3, -0.25) is 0 Å². The molecule has 1 aromatic carbocycles. The maximum Gasteiger partial charge on any atom is 0.123 e. The molecule has 96 valence electrons. The first-order valence-electron chi connectivity index (χ1n) is 6.25. The van der Waals surface area contributed by atoms with E-state index < -0.39 is 11.0 Å². The molecular formula is C15H18FNO. The average Bonchev–Trinajstić information content (AvgIpc) is 2.28. The molecule has 1 unspecified atom stereocenters. The van der Waals surface area contributed by atoms with Crippen molar-refractivity contribution in [1.82, 2.24) is 0 Å². The van der Waals surface area contributed by atoms with Crippen molar-refractivity contribution in [3.05, 3.63) is 35.1 Å². The van der Waals surface area contributed by atoms with Gasteiger partial charge in [0.2, 0.25) is 0 Å². The molecule has 0 amide bonds. The smallest absolute Gasteiger partial charge is 0.123 e. The number of benzene rings is 1. The number of aryl methyl sites for hydroxylation is 1. The summed E-state index contributed by atoms with van der Waals surface area (Å²) in [6.45, 7) is 3.53. The third-order valence-corrected chi connectivity index (χ3v) is 4.29. The molecule has 0 spiro atoms. The Morgan fingerprint density at radius 3 is 2.78 bits per heavy atom. The zero-order chi connectivity index (χ0) is 13.4. The first-order valence-corrected chi connectivity index (χ1v) is 6.25. The van der Waals surface area contributed by atoms with Crippen LogP contribution in [0.25, 0.3) is 0 Å². The lowest BCUT2D eigenvalue weighted by molar-refractivity contribution is -0.0619. The molecule has 2 nitrogen and oxygen atoms in total. The summed E-state index contributed by atoms with van der Waals surface area (Å²) in [6, 6.07) is 6.99. The molecule has 0 saturated heterocycles. The predicted molar refractivity (Wildman–Crippen MR) is 67.4 cm³/mol. The van der Waals surface area contributed by atoms with Gasteiger partial charge in [-0.1, -0.05) is 6.07 Å². The van der Waals surface area contributed by atoms with Gasteiger partial charge in [0, 0.05) is 11.8 Å². The summed E-state index contributed by atoms with van der Waals surface area (Å²) in [4.78, 5) is 0. The number of hydrogen-bond acceptors (Lipinski definition) is 2. The van der Waals surface area contributed by atoms with Crippen LogP contribution in [0.15, 0.2) is 18.2 Å². The van der Waals surface area contributed by atoms with E-state index in [1.807, 2.05) is 0 Å². The van der Waals surface area contributed by atoms with Gasteiger partial charge in [0.1, 0.15) is 5.82 Å². The molecule has 1 aliphatic carbocycles. The van der Waals surface area contributed by atoms with E-state index in [4.69, 9.17) is 5.26 Å². The first kappa shape index (κ1) is 13.0. The van der Waals surface area contributed by atoms with Gasteiger partial charge in [-0.25, -0.2) is 4.39 Å². The van der Waals surface area contributed by atoms with Crippen LogP contribution in [-0.2, 0) is 12.8 Å². The Hall–Kier alpha value is -1.40. The highest BCUT2D eigenvalue weighted by Gasteiger charge is 2.45. The van der Waals surface area contributed by atoms with Crippen LogP contribution in [0, 0.1) is 22.6 Å². The Kier molecular flexibility index (Phi) is 3.16. The van der Waals surface area contributed by atoms with E-state index in [-0.39, 0.29) is 5.82 Å². The zero-order valence-corrected chi connectivity index (χ0v) is 10.8. The van der Waals surface area contributed by atoms with Gasteiger partial charge in [-0.05, 0) is 56.4 Å². The van der Waals surface area contributed by atoms with Gasteiger partial charge < -0.3 is 5.11 Å². The number of nitriles is 1. The topological polar surface area (TPSA) is 44.0 Å². The van der Waals surface area contributed by atoms with Gasteiger partial charge in [0.15, 0.2) is 0 Å². The summed E-state index contributed by atoms with van der Waals surface area (Å²) in [7, 11) is 0. The fraction of sp³-hybridized carbons (Fsp3) is 0.533. The minimum atomic E-state index is -0.908. The largest absolute Gasteiger partial charge is 0.390 e. The molecule has 0 radical (unpaired) electrons. The Morgan fingerprint density at radius 2 is 2.17 bits per heavy atom. The number of hydrogen-bond donors (Lipinski definition) is 1. The maximum atomic E-state index is 13.2. The van der Waals surface area contributed by atoms with Crippen LogP contribution in [-0.4, -0.2) is 10.7 Å². The van der Waals surface area contributed by atoms with Gasteiger partial charge in [0.05, 0.1) is 11.7 Å². The molecular weight excluding hydrogens is 229 g/mol. The van der Waals surface area contributed by atoms with Crippen molar-refractivity contribution in [2.75, 3.05) is 0 Å². The van der Waals surface area contributed by atoms with E-state index in [2.05, 4.69) is 6.07 Å². The maximum absolute atomic E-state index is 13.2. The normalized spacial score (nSPS) is 23.3. The van der Waals surface area contributed by atoms with Crippen LogP contribution >= 0.6 is 0 Å². The molecule has 1 atom stereocenters. The van der Waals surface area contributed by atoms with Crippen molar-refractivity contribution < 1.29 is 9.50 Å². The Balaban J connectivity index is 2.39. The van der Waals surface area contributed by atoms with Crippen LogP contribution in [0.2, 0.25) is 0 Å². The van der Waals surface area contributed by atoms with Crippen LogP contribution < -0.4 is 0 Å². The molecule has 1 N–H and O–H groups in total. The van der Waals surface area contributed by atoms with Crippen LogP contribution in [0.5, 0.6) is 0 Å². The minimum Gasteiger partial charge on any atom is -0.390 e. The van der Waals surface area contributed by atoms with Crippen molar-refractivity contribution in [3.8, 4) is 6.07 Å². The molecule has 2 rings (SSSR count). The third-order valence-electron chi connectivity index (χ3n) is 4.29. The Bertz CT molecular complexity index is 498. The highest BCUT2D eigenvalue weighted by Crippen LogP contribution is 2.46. The number of fused-ring (bicyclic) bond motifs is 1. The van der Waals surface area contributed by atoms with Gasteiger partial charge in [-0.2, -0.15) is 5.26 Å². The molecule has 1 aromatic rings. The SMILES string of the molecule is CC(C)(O)C1(CC#N)CCc2cc(F)ccc2C1. The lowest BCUT2D eigenvalue weighted by Gasteiger charge is -2.45. The molecule has 0 fully saturated rings. The second kappa shape index (κ2) is 4.37. The quantitative estimate of drug-likeness (QED) is 0.873. The van der Waals surface area contributed by atoms with E-state index >= 15 is 0 Å². The van der Waals surface area contributed by atoms with Crippen LogP contribution in [0.4, 0.5) is 4.39 Å². The van der Waals surface area contributed by atoms with Crippen LogP contribution in [0.1, 0.15) is 37.8 Å². The minimum absolute atomic E-state index is 0.218. The van der Waals surface area contributed by atoms with Crippen molar-refractivity contribution in [2.45, 2.75) is 45.1 Å². The number of rotatable bonds is 2. The second-order valence-corrected chi connectivity index (χ2v) is 5.76. The van der Waals surface area contributed by atoms with E-state index in [1.165, 1.54) is 6.07 Å². The number of aliphatic hydroxyl groups is 1. The second-order valence-electron chi connectivity index (χ2n) is 5.76. The van der Waals surface area contributed by atoms with Crippen molar-refractivity contribution in [2.24, 2.45) is 5.41 Å². The molecule has 0 bridgehead atoms. The molecule has 0 saturated carbocycles. The van der Waals surface area contributed by atoms with E-state index in [9.17, 15) is 9.50 Å². The summed E-state index contributed by atoms with van der Waals surface area (Å²) < 4.78 is 13.2. The molecule has 18 heavy (non-hydrogen) atoms. The summed E-state index contributed by atoms with van der Waals surface area (Å²) in [5.41, 5.74) is 0.731. The number of nitrogens with zero attached hydrogens (tertiary/aromatic N) is 1. The van der Waals surface area contributed by atoms with E-state index in [0.29, 0.717) is 12.8 Å². The van der Waals surface area contributed by atoms with Crippen molar-refractivity contribution in [1.29, 1.82) is 5.26 Å². The van der Waals surface area contributed by atoms with Crippen molar-refractivity contribution >= 4 is 0 Å². The molecule has 0 heterocycles. The Morgan fingerprint density at radius 1 is 1.44 bits per heavy atom. The Labute approximate surface area is 107 Å². The van der Waals surface area contributed by atoms with Gasteiger partial charge in [0.25, 0.3) is 0 Å². The average molecular weight is 247 g/mol. The van der Waals surface area contributed by atoms with Gasteiger partial charge in [-0.15, -0.1) is 0 Å². The highest BCUT2D eigenvalue weighted by molar-refractivity contribution is 5.33. The summed E-state index contributed by atoms with van der Waals surface area (Å²) in [5.74, 6) is -0.218. The summed E-state index contributed by atoms with van der Waals surface area (Å²) in [6.07, 6.45) is 2.41. The monoisotopic (exact) mass is 247 g/mol. The van der Waals surface area contributed by atoms with E-state index in [0.717, 1.165) is 24.0 Å². The highest BCUT2D eigenvalue weighted by atomic mass is 19.1. The zero-order valence-electron chi connectivity index (χ0n) is 10.8. The molecule has 3 heteroatoms. The number of halogens is 1. The van der Waals surface area contributed by atoms with E-state index in [1.54, 1.807) is 26.0 Å². The fourth-order valence-corrected chi connectivity index (χ4v) is 2.87. The molecule has 0 aromatic heterocycles. The fourth-order valence-electron chi connectivity index (χ4n) is 2.87. The summed E-state index contributed by atoms with van der Waals surface area (Å²) in [5, 5.41) is 19.4. The lowest BCUT2D eigenvalue weighted by Crippen LogP contribution is -2.47. The lowest BCUT2D eigenvalue weighted by atomic mass is 9.61.